The van der Waals surface area contributed by atoms with Crippen LogP contribution in [-0.2, 0) is 19.6 Å². The molecule has 4 rings (SSSR count). The van der Waals surface area contributed by atoms with E-state index in [0.717, 1.165) is 30.2 Å². The number of benzene rings is 2. The van der Waals surface area contributed by atoms with Gasteiger partial charge in [0.25, 0.3) is 0 Å². The van der Waals surface area contributed by atoms with Crippen LogP contribution in [0, 0.1) is 17.1 Å². The summed E-state index contributed by atoms with van der Waals surface area (Å²) < 4.78 is 13.5. The SMILES string of the molecule is N#Cc1cc(CNc2cccc3c2CN(c2ccccn2)C3)ccc1F. The fourth-order valence-corrected chi connectivity index (χ4v) is 3.26. The topological polar surface area (TPSA) is 52.0 Å². The standard InChI is InChI=1S/C21H17FN4/c22-19-8-7-15(10-17(19)11-23)12-25-20-5-3-4-16-13-26(14-18(16)20)21-6-1-2-9-24-21/h1-10,25H,12-14H2. The van der Waals surface area contributed by atoms with Gasteiger partial charge in [0.05, 0.1) is 5.56 Å². The van der Waals surface area contributed by atoms with Crippen molar-refractivity contribution in [1.82, 2.24) is 4.98 Å². The highest BCUT2D eigenvalue weighted by Gasteiger charge is 2.22. The van der Waals surface area contributed by atoms with Crippen molar-refractivity contribution in [2.75, 3.05) is 10.2 Å². The molecule has 0 radical (unpaired) electrons. The maximum atomic E-state index is 13.5. The zero-order valence-corrected chi connectivity index (χ0v) is 14.1. The normalized spacial score (nSPS) is 12.5. The average Bonchev–Trinajstić information content (AvgIpc) is 3.13. The number of aromatic nitrogens is 1. The lowest BCUT2D eigenvalue weighted by atomic mass is 10.1. The molecule has 3 aromatic rings. The summed E-state index contributed by atoms with van der Waals surface area (Å²) in [5.41, 5.74) is 4.53. The first kappa shape index (κ1) is 16.1. The minimum atomic E-state index is -0.483. The van der Waals surface area contributed by atoms with Gasteiger partial charge in [-0.25, -0.2) is 9.37 Å². The van der Waals surface area contributed by atoms with Gasteiger partial charge >= 0.3 is 0 Å². The summed E-state index contributed by atoms with van der Waals surface area (Å²) in [6, 6.07) is 18.7. The molecule has 2 aromatic carbocycles. The van der Waals surface area contributed by atoms with Crippen molar-refractivity contribution in [3.8, 4) is 6.07 Å². The molecule has 26 heavy (non-hydrogen) atoms. The quantitative estimate of drug-likeness (QED) is 0.770. The summed E-state index contributed by atoms with van der Waals surface area (Å²) in [6.45, 7) is 2.16. The molecule has 0 atom stereocenters. The summed E-state index contributed by atoms with van der Waals surface area (Å²) >= 11 is 0. The molecule has 0 amide bonds. The molecule has 0 bridgehead atoms. The Morgan fingerprint density at radius 2 is 2.04 bits per heavy atom. The highest BCUT2D eigenvalue weighted by Crippen LogP contribution is 2.32. The van der Waals surface area contributed by atoms with Gasteiger partial charge < -0.3 is 10.2 Å². The van der Waals surface area contributed by atoms with Crippen LogP contribution in [0.3, 0.4) is 0 Å². The highest BCUT2D eigenvalue weighted by atomic mass is 19.1. The smallest absolute Gasteiger partial charge is 0.140 e. The zero-order valence-electron chi connectivity index (χ0n) is 14.1. The Morgan fingerprint density at radius 3 is 2.85 bits per heavy atom. The molecular formula is C21H17FN4. The van der Waals surface area contributed by atoms with Crippen LogP contribution in [0.5, 0.6) is 0 Å². The lowest BCUT2D eigenvalue weighted by Gasteiger charge is -2.16. The largest absolute Gasteiger partial charge is 0.381 e. The van der Waals surface area contributed by atoms with E-state index < -0.39 is 5.82 Å². The van der Waals surface area contributed by atoms with Crippen LogP contribution in [0.25, 0.3) is 0 Å². The van der Waals surface area contributed by atoms with E-state index >= 15 is 0 Å². The maximum Gasteiger partial charge on any atom is 0.140 e. The third-order valence-corrected chi connectivity index (χ3v) is 4.59. The molecule has 5 heteroatoms. The van der Waals surface area contributed by atoms with E-state index in [1.807, 2.05) is 30.3 Å². The van der Waals surface area contributed by atoms with Crippen LogP contribution in [0.4, 0.5) is 15.9 Å². The number of hydrogen-bond acceptors (Lipinski definition) is 4. The third kappa shape index (κ3) is 3.09. The van der Waals surface area contributed by atoms with Crippen LogP contribution in [-0.4, -0.2) is 4.98 Å². The van der Waals surface area contributed by atoms with Gasteiger partial charge in [-0.05, 0) is 47.0 Å². The molecule has 1 aliphatic rings. The summed E-state index contributed by atoms with van der Waals surface area (Å²) in [5.74, 6) is 0.481. The summed E-state index contributed by atoms with van der Waals surface area (Å²) in [6.07, 6.45) is 1.80. The van der Waals surface area contributed by atoms with Crippen LogP contribution >= 0.6 is 0 Å². The van der Waals surface area contributed by atoms with Crippen LogP contribution in [0.1, 0.15) is 22.3 Å². The lowest BCUT2D eigenvalue weighted by Crippen LogP contribution is -2.15. The number of nitriles is 1. The van der Waals surface area contributed by atoms with Crippen molar-refractivity contribution in [3.05, 3.63) is 88.9 Å². The van der Waals surface area contributed by atoms with Crippen molar-refractivity contribution in [3.63, 3.8) is 0 Å². The molecule has 1 aliphatic heterocycles. The minimum absolute atomic E-state index is 0.0731. The summed E-state index contributed by atoms with van der Waals surface area (Å²) in [5, 5.41) is 12.4. The first-order valence-electron chi connectivity index (χ1n) is 8.44. The zero-order chi connectivity index (χ0) is 17.9. The molecule has 1 aromatic heterocycles. The number of rotatable bonds is 4. The van der Waals surface area contributed by atoms with E-state index in [2.05, 4.69) is 27.3 Å². The number of nitrogens with one attached hydrogen (secondary N) is 1. The molecular weight excluding hydrogens is 327 g/mol. The van der Waals surface area contributed by atoms with E-state index in [1.54, 1.807) is 18.3 Å². The first-order chi connectivity index (χ1) is 12.7. The van der Waals surface area contributed by atoms with Crippen molar-refractivity contribution in [2.45, 2.75) is 19.6 Å². The Hall–Kier alpha value is -3.39. The predicted molar refractivity (Wildman–Crippen MR) is 99.0 cm³/mol. The molecule has 0 spiro atoms. The molecule has 128 valence electrons. The Bertz CT molecular complexity index is 979. The number of fused-ring (bicyclic) bond motifs is 1. The number of pyridine rings is 1. The number of hydrogen-bond donors (Lipinski definition) is 1. The summed E-state index contributed by atoms with van der Waals surface area (Å²) in [4.78, 5) is 6.67. The Kier molecular flexibility index (Phi) is 4.24. The first-order valence-corrected chi connectivity index (χ1v) is 8.44. The van der Waals surface area contributed by atoms with Crippen molar-refractivity contribution in [2.24, 2.45) is 0 Å². The number of nitrogens with zero attached hydrogens (tertiary/aromatic N) is 3. The Labute approximate surface area is 151 Å². The monoisotopic (exact) mass is 344 g/mol. The fourth-order valence-electron chi connectivity index (χ4n) is 3.26. The maximum absolute atomic E-state index is 13.5. The molecule has 0 saturated carbocycles. The van der Waals surface area contributed by atoms with Gasteiger partial charge in [0.1, 0.15) is 17.7 Å². The van der Waals surface area contributed by atoms with Crippen molar-refractivity contribution >= 4 is 11.5 Å². The van der Waals surface area contributed by atoms with Crippen molar-refractivity contribution in [1.29, 1.82) is 5.26 Å². The summed E-state index contributed by atoms with van der Waals surface area (Å²) in [7, 11) is 0. The van der Waals surface area contributed by atoms with Crippen LogP contribution in [0.15, 0.2) is 60.8 Å². The molecule has 1 N–H and O–H groups in total. The number of anilines is 2. The van der Waals surface area contributed by atoms with Gasteiger partial charge in [-0.1, -0.05) is 24.3 Å². The Balaban J connectivity index is 1.52. The Morgan fingerprint density at radius 1 is 1.12 bits per heavy atom. The number of halogens is 1. The second-order valence-electron chi connectivity index (χ2n) is 6.27. The van der Waals surface area contributed by atoms with Gasteiger partial charge in [0.15, 0.2) is 0 Å². The molecule has 2 heterocycles. The molecule has 0 unspecified atom stereocenters. The van der Waals surface area contributed by atoms with Gasteiger partial charge in [-0.15, -0.1) is 0 Å². The van der Waals surface area contributed by atoms with Gasteiger partial charge in [0.2, 0.25) is 0 Å². The molecule has 0 aliphatic carbocycles. The second kappa shape index (κ2) is 6.85. The van der Waals surface area contributed by atoms with Gasteiger partial charge in [0, 0.05) is 31.5 Å². The van der Waals surface area contributed by atoms with E-state index in [9.17, 15) is 4.39 Å². The third-order valence-electron chi connectivity index (χ3n) is 4.59. The second-order valence-corrected chi connectivity index (χ2v) is 6.27. The van der Waals surface area contributed by atoms with E-state index in [1.165, 1.54) is 17.2 Å². The minimum Gasteiger partial charge on any atom is -0.381 e. The highest BCUT2D eigenvalue weighted by molar-refractivity contribution is 5.60. The lowest BCUT2D eigenvalue weighted by molar-refractivity contribution is 0.623. The van der Waals surface area contributed by atoms with E-state index in [0.29, 0.717) is 6.54 Å². The van der Waals surface area contributed by atoms with Crippen LogP contribution < -0.4 is 10.2 Å². The fraction of sp³-hybridized carbons (Fsp3) is 0.143. The predicted octanol–water partition coefficient (Wildman–Crippen LogP) is 4.22. The molecule has 4 nitrogen and oxygen atoms in total. The average molecular weight is 344 g/mol. The molecule has 0 fully saturated rings. The molecule has 0 saturated heterocycles. The van der Waals surface area contributed by atoms with Gasteiger partial charge in [-0.2, -0.15) is 5.26 Å². The van der Waals surface area contributed by atoms with E-state index in [-0.39, 0.29) is 5.56 Å². The van der Waals surface area contributed by atoms with E-state index in [4.69, 9.17) is 5.26 Å². The van der Waals surface area contributed by atoms with Crippen molar-refractivity contribution < 1.29 is 4.39 Å². The van der Waals surface area contributed by atoms with Gasteiger partial charge in [-0.3, -0.25) is 0 Å². The van der Waals surface area contributed by atoms with Crippen LogP contribution in [0.2, 0.25) is 0 Å².